The number of nitrogens with two attached hydrogens (primary N) is 1. The molecular weight excluding hydrogens is 230 g/mol. The van der Waals surface area contributed by atoms with E-state index in [1.807, 2.05) is 11.6 Å². The Bertz CT molecular complexity index is 540. The number of nitrogens with zero attached hydrogens (tertiary/aromatic N) is 2. The van der Waals surface area contributed by atoms with Crippen LogP contribution >= 0.6 is 12.2 Å². The summed E-state index contributed by atoms with van der Waals surface area (Å²) in [5.41, 5.74) is 9.78. The van der Waals surface area contributed by atoms with Crippen LogP contribution in [0.25, 0.3) is 5.69 Å². The predicted molar refractivity (Wildman–Crippen MR) is 73.6 cm³/mol. The maximum atomic E-state index is 5.63. The van der Waals surface area contributed by atoms with E-state index in [-0.39, 0.29) is 0 Å². The van der Waals surface area contributed by atoms with Crippen molar-refractivity contribution >= 4 is 17.2 Å². The molecule has 0 spiro atoms. The van der Waals surface area contributed by atoms with Crippen LogP contribution in [0.2, 0.25) is 0 Å². The Morgan fingerprint density at radius 1 is 1.35 bits per heavy atom. The van der Waals surface area contributed by atoms with E-state index in [9.17, 15) is 0 Å². The fraction of sp³-hybridized carbons (Fsp3) is 0.231. The Morgan fingerprint density at radius 2 is 2.00 bits per heavy atom. The van der Waals surface area contributed by atoms with Crippen LogP contribution in [0.1, 0.15) is 23.7 Å². The Labute approximate surface area is 106 Å². The summed E-state index contributed by atoms with van der Waals surface area (Å²) in [4.78, 5) is 0.388. The minimum atomic E-state index is 0.388. The van der Waals surface area contributed by atoms with Gasteiger partial charge in [-0.2, -0.15) is 5.10 Å². The van der Waals surface area contributed by atoms with Gasteiger partial charge in [0.25, 0.3) is 0 Å². The number of hydrogen-bond acceptors (Lipinski definition) is 2. The number of thiocarbonyl (C=S) groups is 1. The van der Waals surface area contributed by atoms with Gasteiger partial charge in [0.05, 0.1) is 23.1 Å². The van der Waals surface area contributed by atoms with Gasteiger partial charge in [-0.1, -0.05) is 31.3 Å². The molecule has 4 heteroatoms. The van der Waals surface area contributed by atoms with Gasteiger partial charge in [0, 0.05) is 0 Å². The summed E-state index contributed by atoms with van der Waals surface area (Å²) < 4.78 is 1.86. The number of benzene rings is 1. The van der Waals surface area contributed by atoms with Crippen LogP contribution in [0.15, 0.2) is 30.5 Å². The molecule has 0 aliphatic heterocycles. The van der Waals surface area contributed by atoms with E-state index in [4.69, 9.17) is 18.0 Å². The fourth-order valence-electron chi connectivity index (χ4n) is 1.78. The molecular formula is C13H15N3S. The first-order valence-corrected chi connectivity index (χ1v) is 5.98. The van der Waals surface area contributed by atoms with E-state index in [0.717, 1.165) is 23.4 Å². The Morgan fingerprint density at radius 3 is 2.47 bits per heavy atom. The second kappa shape index (κ2) is 4.67. The van der Waals surface area contributed by atoms with E-state index >= 15 is 0 Å². The summed E-state index contributed by atoms with van der Waals surface area (Å²) in [7, 11) is 0. The molecule has 0 fully saturated rings. The third kappa shape index (κ3) is 2.22. The molecule has 0 radical (unpaired) electrons. The summed E-state index contributed by atoms with van der Waals surface area (Å²) in [6.45, 7) is 4.11. The van der Waals surface area contributed by atoms with Crippen molar-refractivity contribution in [1.29, 1.82) is 0 Å². The number of aromatic nitrogens is 2. The summed E-state index contributed by atoms with van der Waals surface area (Å²) in [6, 6.07) is 8.33. The Hall–Kier alpha value is -1.68. The van der Waals surface area contributed by atoms with Crippen molar-refractivity contribution in [1.82, 2.24) is 9.78 Å². The SMILES string of the molecule is CCc1ccc(-n2ncc(C(N)=S)c2C)cc1. The summed E-state index contributed by atoms with van der Waals surface area (Å²) >= 11 is 4.98. The van der Waals surface area contributed by atoms with Gasteiger partial charge in [-0.15, -0.1) is 0 Å². The molecule has 2 aromatic rings. The standard InChI is InChI=1S/C13H15N3S/c1-3-10-4-6-11(7-5-10)16-9(2)12(8-15-16)13(14)17/h4-8H,3H2,1-2H3,(H2,14,17). The largest absolute Gasteiger partial charge is 0.389 e. The van der Waals surface area contributed by atoms with Crippen molar-refractivity contribution < 1.29 is 0 Å². The van der Waals surface area contributed by atoms with Crippen LogP contribution in [0.3, 0.4) is 0 Å². The predicted octanol–water partition coefficient (Wildman–Crippen LogP) is 2.38. The maximum Gasteiger partial charge on any atom is 0.107 e. The highest BCUT2D eigenvalue weighted by Gasteiger charge is 2.09. The second-order valence-electron chi connectivity index (χ2n) is 3.94. The fourth-order valence-corrected chi connectivity index (χ4v) is 1.99. The van der Waals surface area contributed by atoms with Gasteiger partial charge in [-0.3, -0.25) is 0 Å². The van der Waals surface area contributed by atoms with Crippen LogP contribution in [-0.2, 0) is 6.42 Å². The molecule has 0 aliphatic carbocycles. The van der Waals surface area contributed by atoms with E-state index in [1.165, 1.54) is 5.56 Å². The van der Waals surface area contributed by atoms with Crippen LogP contribution in [0, 0.1) is 6.92 Å². The normalized spacial score (nSPS) is 10.5. The number of hydrogen-bond donors (Lipinski definition) is 1. The summed E-state index contributed by atoms with van der Waals surface area (Å²) in [5.74, 6) is 0. The Kier molecular flexibility index (Phi) is 3.24. The second-order valence-corrected chi connectivity index (χ2v) is 4.38. The molecule has 1 aromatic carbocycles. The highest BCUT2D eigenvalue weighted by molar-refractivity contribution is 7.80. The first kappa shape index (κ1) is 11.8. The molecule has 0 saturated heterocycles. The molecule has 2 N–H and O–H groups in total. The van der Waals surface area contributed by atoms with E-state index < -0.39 is 0 Å². The first-order valence-electron chi connectivity index (χ1n) is 5.57. The highest BCUT2D eigenvalue weighted by atomic mass is 32.1. The van der Waals surface area contributed by atoms with E-state index in [2.05, 4.69) is 36.3 Å². The van der Waals surface area contributed by atoms with Gasteiger partial charge >= 0.3 is 0 Å². The zero-order valence-corrected chi connectivity index (χ0v) is 10.8. The molecule has 0 aliphatic rings. The van der Waals surface area contributed by atoms with Gasteiger partial charge in [-0.25, -0.2) is 4.68 Å². The quantitative estimate of drug-likeness (QED) is 0.844. The van der Waals surface area contributed by atoms with E-state index in [0.29, 0.717) is 4.99 Å². The average Bonchev–Trinajstić information content (AvgIpc) is 2.71. The number of aryl methyl sites for hydroxylation is 1. The molecule has 0 atom stereocenters. The van der Waals surface area contributed by atoms with Gasteiger partial charge in [0.2, 0.25) is 0 Å². The third-order valence-corrected chi connectivity index (χ3v) is 3.08. The lowest BCUT2D eigenvalue weighted by Gasteiger charge is -2.06. The molecule has 88 valence electrons. The van der Waals surface area contributed by atoms with Crippen molar-refractivity contribution in [3.63, 3.8) is 0 Å². The maximum absolute atomic E-state index is 5.63. The highest BCUT2D eigenvalue weighted by Crippen LogP contribution is 2.15. The molecule has 0 bridgehead atoms. The molecule has 0 amide bonds. The van der Waals surface area contributed by atoms with Gasteiger partial charge in [0.15, 0.2) is 0 Å². The zero-order valence-electron chi connectivity index (χ0n) is 9.97. The van der Waals surface area contributed by atoms with Gasteiger partial charge < -0.3 is 5.73 Å². The monoisotopic (exact) mass is 245 g/mol. The molecule has 1 aromatic heterocycles. The molecule has 2 rings (SSSR count). The minimum absolute atomic E-state index is 0.388. The summed E-state index contributed by atoms with van der Waals surface area (Å²) in [6.07, 6.45) is 2.75. The Balaban J connectivity index is 2.42. The molecule has 0 saturated carbocycles. The third-order valence-electron chi connectivity index (χ3n) is 2.86. The topological polar surface area (TPSA) is 43.8 Å². The van der Waals surface area contributed by atoms with Crippen LogP contribution in [0.4, 0.5) is 0 Å². The minimum Gasteiger partial charge on any atom is -0.389 e. The lowest BCUT2D eigenvalue weighted by atomic mass is 10.1. The first-order chi connectivity index (χ1) is 8.13. The molecule has 1 heterocycles. The number of rotatable bonds is 3. The van der Waals surface area contributed by atoms with Crippen LogP contribution in [-0.4, -0.2) is 14.8 Å². The zero-order chi connectivity index (χ0) is 12.4. The van der Waals surface area contributed by atoms with Crippen molar-refractivity contribution in [3.8, 4) is 5.69 Å². The van der Waals surface area contributed by atoms with Crippen LogP contribution in [0.5, 0.6) is 0 Å². The summed E-state index contributed by atoms with van der Waals surface area (Å²) in [5, 5.41) is 4.31. The van der Waals surface area contributed by atoms with E-state index in [1.54, 1.807) is 6.20 Å². The average molecular weight is 245 g/mol. The lowest BCUT2D eigenvalue weighted by molar-refractivity contribution is 0.846. The van der Waals surface area contributed by atoms with Crippen molar-refractivity contribution in [3.05, 3.63) is 47.3 Å². The lowest BCUT2D eigenvalue weighted by Crippen LogP contribution is -2.10. The van der Waals surface area contributed by atoms with Crippen LogP contribution < -0.4 is 5.73 Å². The van der Waals surface area contributed by atoms with Gasteiger partial charge in [-0.05, 0) is 31.0 Å². The van der Waals surface area contributed by atoms with Crippen molar-refractivity contribution in [2.75, 3.05) is 0 Å². The molecule has 0 unspecified atom stereocenters. The molecule has 17 heavy (non-hydrogen) atoms. The van der Waals surface area contributed by atoms with Crippen molar-refractivity contribution in [2.45, 2.75) is 20.3 Å². The smallest absolute Gasteiger partial charge is 0.107 e. The molecule has 3 nitrogen and oxygen atoms in total. The van der Waals surface area contributed by atoms with Crippen molar-refractivity contribution in [2.24, 2.45) is 5.73 Å². The van der Waals surface area contributed by atoms with Gasteiger partial charge in [0.1, 0.15) is 4.99 Å².